The quantitative estimate of drug-likeness (QED) is 0.841. The zero-order chi connectivity index (χ0) is 11.7. The highest BCUT2D eigenvalue weighted by atomic mass is 19.1. The van der Waals surface area contributed by atoms with Crippen LogP contribution in [0.3, 0.4) is 0 Å². The molecule has 2 aromatic rings. The third kappa shape index (κ3) is 1.67. The van der Waals surface area contributed by atoms with Gasteiger partial charge >= 0.3 is 5.97 Å². The molecular weight excluding hydrogens is 211 g/mol. The Hall–Kier alpha value is -2.17. The summed E-state index contributed by atoms with van der Waals surface area (Å²) in [5, 5.41) is 8.82. The van der Waals surface area contributed by atoms with Crippen LogP contribution in [0.4, 0.5) is 4.39 Å². The Kier molecular flexibility index (Phi) is 2.44. The number of aryl methyl sites for hydroxylation is 1. The van der Waals surface area contributed by atoms with Crippen molar-refractivity contribution in [3.63, 3.8) is 0 Å². The second-order valence-corrected chi connectivity index (χ2v) is 3.36. The molecule has 82 valence electrons. The van der Waals surface area contributed by atoms with Gasteiger partial charge in [0.05, 0.1) is 11.1 Å². The molecule has 4 nitrogen and oxygen atoms in total. The third-order valence-corrected chi connectivity index (χ3v) is 2.28. The highest BCUT2D eigenvalue weighted by Gasteiger charge is 2.12. The van der Waals surface area contributed by atoms with E-state index in [1.165, 1.54) is 18.3 Å². The number of aromatic carboxylic acids is 1. The molecule has 0 saturated heterocycles. The van der Waals surface area contributed by atoms with E-state index in [1.54, 1.807) is 17.8 Å². The SMILES string of the molecule is Cn1ccnc1-c1cc(C(=O)O)ccc1F. The highest BCUT2D eigenvalue weighted by molar-refractivity contribution is 5.89. The summed E-state index contributed by atoms with van der Waals surface area (Å²) >= 11 is 0. The molecule has 0 unspecified atom stereocenters. The van der Waals surface area contributed by atoms with Gasteiger partial charge in [0.15, 0.2) is 0 Å². The number of halogens is 1. The minimum Gasteiger partial charge on any atom is -0.478 e. The van der Waals surface area contributed by atoms with Crippen LogP contribution < -0.4 is 0 Å². The molecule has 0 fully saturated rings. The van der Waals surface area contributed by atoms with Crippen LogP contribution in [0.5, 0.6) is 0 Å². The van der Waals surface area contributed by atoms with Crippen molar-refractivity contribution >= 4 is 5.97 Å². The van der Waals surface area contributed by atoms with E-state index in [1.807, 2.05) is 0 Å². The lowest BCUT2D eigenvalue weighted by Gasteiger charge is -2.04. The summed E-state index contributed by atoms with van der Waals surface area (Å²) in [7, 11) is 1.72. The predicted octanol–water partition coefficient (Wildman–Crippen LogP) is 1.92. The molecule has 1 heterocycles. The van der Waals surface area contributed by atoms with Crippen molar-refractivity contribution in [2.75, 3.05) is 0 Å². The first kappa shape index (κ1) is 10.4. The topological polar surface area (TPSA) is 55.1 Å². The van der Waals surface area contributed by atoms with Crippen molar-refractivity contribution in [1.29, 1.82) is 0 Å². The molecule has 0 radical (unpaired) electrons. The van der Waals surface area contributed by atoms with Crippen molar-refractivity contribution in [2.24, 2.45) is 7.05 Å². The molecular formula is C11H9FN2O2. The first-order valence-electron chi connectivity index (χ1n) is 4.60. The molecule has 0 bridgehead atoms. The van der Waals surface area contributed by atoms with E-state index in [-0.39, 0.29) is 11.1 Å². The Morgan fingerprint density at radius 1 is 1.50 bits per heavy atom. The number of hydrogen-bond acceptors (Lipinski definition) is 2. The largest absolute Gasteiger partial charge is 0.478 e. The number of carboxylic acids is 1. The minimum absolute atomic E-state index is 0.0411. The zero-order valence-corrected chi connectivity index (χ0v) is 8.51. The van der Waals surface area contributed by atoms with Gasteiger partial charge in [-0.15, -0.1) is 0 Å². The number of carboxylic acid groups (broad SMARTS) is 1. The standard InChI is InChI=1S/C11H9FN2O2/c1-14-5-4-13-10(14)8-6-7(11(15)16)2-3-9(8)12/h2-6H,1H3,(H,15,16). The molecule has 1 aromatic carbocycles. The van der Waals surface area contributed by atoms with Crippen LogP contribution in [0.2, 0.25) is 0 Å². The van der Waals surface area contributed by atoms with Gasteiger partial charge in [0.1, 0.15) is 11.6 Å². The van der Waals surface area contributed by atoms with Crippen molar-refractivity contribution in [1.82, 2.24) is 9.55 Å². The first-order chi connectivity index (χ1) is 7.59. The lowest BCUT2D eigenvalue weighted by molar-refractivity contribution is 0.0697. The normalized spacial score (nSPS) is 10.4. The van der Waals surface area contributed by atoms with Crippen molar-refractivity contribution in [3.8, 4) is 11.4 Å². The molecule has 1 aromatic heterocycles. The maximum absolute atomic E-state index is 13.5. The van der Waals surface area contributed by atoms with Gasteiger partial charge < -0.3 is 9.67 Å². The average molecular weight is 220 g/mol. The molecule has 5 heteroatoms. The Labute approximate surface area is 91.0 Å². The molecule has 1 N–H and O–H groups in total. The van der Waals surface area contributed by atoms with Gasteiger partial charge in [0.25, 0.3) is 0 Å². The molecule has 0 atom stereocenters. The van der Waals surface area contributed by atoms with E-state index < -0.39 is 11.8 Å². The smallest absolute Gasteiger partial charge is 0.335 e. The summed E-state index contributed by atoms with van der Waals surface area (Å²) in [5.74, 6) is -1.17. The summed E-state index contributed by atoms with van der Waals surface area (Å²) in [5.41, 5.74) is 0.229. The van der Waals surface area contributed by atoms with Gasteiger partial charge in [-0.25, -0.2) is 14.2 Å². The molecule has 0 amide bonds. The fourth-order valence-electron chi connectivity index (χ4n) is 1.45. The van der Waals surface area contributed by atoms with Crippen LogP contribution in [-0.4, -0.2) is 20.6 Å². The molecule has 2 rings (SSSR count). The number of nitrogens with zero attached hydrogens (tertiary/aromatic N) is 2. The third-order valence-electron chi connectivity index (χ3n) is 2.28. The number of carbonyl (C=O) groups is 1. The molecule has 16 heavy (non-hydrogen) atoms. The fraction of sp³-hybridized carbons (Fsp3) is 0.0909. The van der Waals surface area contributed by atoms with Gasteiger partial charge in [0, 0.05) is 19.4 Å². The Bertz CT molecular complexity index is 549. The zero-order valence-electron chi connectivity index (χ0n) is 8.51. The lowest BCUT2D eigenvalue weighted by atomic mass is 10.1. The summed E-state index contributed by atoms with van der Waals surface area (Å²) < 4.78 is 15.2. The summed E-state index contributed by atoms with van der Waals surface area (Å²) in [6.07, 6.45) is 3.20. The van der Waals surface area contributed by atoms with E-state index in [0.29, 0.717) is 5.82 Å². The number of hydrogen-bond donors (Lipinski definition) is 1. The maximum atomic E-state index is 13.5. The number of rotatable bonds is 2. The van der Waals surface area contributed by atoms with Crippen LogP contribution >= 0.6 is 0 Å². The van der Waals surface area contributed by atoms with Crippen molar-refractivity contribution in [2.45, 2.75) is 0 Å². The first-order valence-corrected chi connectivity index (χ1v) is 4.60. The fourth-order valence-corrected chi connectivity index (χ4v) is 1.45. The van der Waals surface area contributed by atoms with Crippen LogP contribution in [0, 0.1) is 5.82 Å². The second kappa shape index (κ2) is 3.77. The van der Waals surface area contributed by atoms with E-state index in [0.717, 1.165) is 6.07 Å². The Morgan fingerprint density at radius 2 is 2.25 bits per heavy atom. The van der Waals surface area contributed by atoms with E-state index in [2.05, 4.69) is 4.98 Å². The molecule has 0 spiro atoms. The number of imidazole rings is 1. The van der Waals surface area contributed by atoms with Gasteiger partial charge in [0.2, 0.25) is 0 Å². The van der Waals surface area contributed by atoms with Crippen LogP contribution in [0.25, 0.3) is 11.4 Å². The Balaban J connectivity index is 2.60. The maximum Gasteiger partial charge on any atom is 0.335 e. The van der Waals surface area contributed by atoms with Crippen LogP contribution in [-0.2, 0) is 7.05 Å². The summed E-state index contributed by atoms with van der Waals surface area (Å²) in [6.45, 7) is 0. The molecule has 0 aliphatic heterocycles. The van der Waals surface area contributed by atoms with Crippen molar-refractivity contribution < 1.29 is 14.3 Å². The van der Waals surface area contributed by atoms with E-state index in [4.69, 9.17) is 5.11 Å². The van der Waals surface area contributed by atoms with Gasteiger partial charge in [-0.05, 0) is 18.2 Å². The molecule has 0 saturated carbocycles. The van der Waals surface area contributed by atoms with E-state index in [9.17, 15) is 9.18 Å². The van der Waals surface area contributed by atoms with Crippen molar-refractivity contribution in [3.05, 3.63) is 42.0 Å². The summed E-state index contributed by atoms with van der Waals surface area (Å²) in [6, 6.07) is 3.64. The highest BCUT2D eigenvalue weighted by Crippen LogP contribution is 2.21. The van der Waals surface area contributed by atoms with Crippen LogP contribution in [0.15, 0.2) is 30.6 Å². The van der Waals surface area contributed by atoms with Gasteiger partial charge in [-0.1, -0.05) is 0 Å². The van der Waals surface area contributed by atoms with E-state index >= 15 is 0 Å². The molecule has 0 aliphatic carbocycles. The number of benzene rings is 1. The second-order valence-electron chi connectivity index (χ2n) is 3.36. The predicted molar refractivity (Wildman–Crippen MR) is 55.6 cm³/mol. The average Bonchev–Trinajstić information content (AvgIpc) is 2.65. The number of aromatic nitrogens is 2. The molecule has 0 aliphatic rings. The Morgan fingerprint density at radius 3 is 2.81 bits per heavy atom. The summed E-state index contributed by atoms with van der Waals surface area (Å²) in [4.78, 5) is 14.7. The van der Waals surface area contributed by atoms with Gasteiger partial charge in [-0.3, -0.25) is 0 Å². The van der Waals surface area contributed by atoms with Crippen LogP contribution in [0.1, 0.15) is 10.4 Å². The monoisotopic (exact) mass is 220 g/mol. The lowest BCUT2D eigenvalue weighted by Crippen LogP contribution is -2.00. The van der Waals surface area contributed by atoms with Gasteiger partial charge in [-0.2, -0.15) is 0 Å². The minimum atomic E-state index is -1.09.